The number of sulfonamides is 1. The minimum atomic E-state index is -3.82. The Balaban J connectivity index is 2.24. The van der Waals surface area contributed by atoms with Crippen LogP contribution in [0.15, 0.2) is 47.4 Å². The van der Waals surface area contributed by atoms with Gasteiger partial charge in [0.2, 0.25) is 15.9 Å². The number of anilines is 1. The second kappa shape index (κ2) is 9.56. The Labute approximate surface area is 182 Å². The van der Waals surface area contributed by atoms with Crippen LogP contribution in [0, 0.1) is 0 Å². The molecule has 0 radical (unpaired) electrons. The molecule has 1 amide bonds. The lowest BCUT2D eigenvalue weighted by Crippen LogP contribution is -2.41. The van der Waals surface area contributed by atoms with E-state index in [4.69, 9.17) is 9.47 Å². The summed E-state index contributed by atoms with van der Waals surface area (Å²) in [7, 11) is -4.31. The summed E-state index contributed by atoms with van der Waals surface area (Å²) in [6.07, 6.45) is 2.10. The van der Waals surface area contributed by atoms with Crippen LogP contribution in [-0.2, 0) is 24.7 Å². The van der Waals surface area contributed by atoms with E-state index in [2.05, 4.69) is 5.32 Å². The van der Waals surface area contributed by atoms with Gasteiger partial charge < -0.3 is 14.8 Å². The molecule has 0 aliphatic carbocycles. The van der Waals surface area contributed by atoms with Gasteiger partial charge in [0.05, 0.1) is 37.1 Å². The predicted octanol–water partition coefficient (Wildman–Crippen LogP) is 1.75. The van der Waals surface area contributed by atoms with Gasteiger partial charge >= 0.3 is 0 Å². The second-order valence-electron chi connectivity index (χ2n) is 6.94. The molecule has 1 unspecified atom stereocenters. The highest BCUT2D eigenvalue weighted by Gasteiger charge is 2.25. The molecule has 0 fully saturated rings. The monoisotopic (exact) mass is 470 g/mol. The molecule has 0 aromatic heterocycles. The highest BCUT2D eigenvalue weighted by atomic mass is 32.2. The number of hydrogen-bond donors (Lipinski definition) is 1. The zero-order chi connectivity index (χ0) is 23.4. The Hall–Kier alpha value is -2.79. The summed E-state index contributed by atoms with van der Waals surface area (Å²) in [4.78, 5) is 12.8. The maximum absolute atomic E-state index is 12.7. The van der Waals surface area contributed by atoms with Gasteiger partial charge in [-0.15, -0.1) is 0 Å². The van der Waals surface area contributed by atoms with Crippen LogP contribution in [0.1, 0.15) is 18.5 Å². The largest absolute Gasteiger partial charge is 0.497 e. The number of carbonyl (C=O) groups excluding carboxylic acids is 1. The van der Waals surface area contributed by atoms with E-state index in [1.54, 1.807) is 31.2 Å². The molecule has 11 heteroatoms. The van der Waals surface area contributed by atoms with Gasteiger partial charge in [0.1, 0.15) is 18.0 Å². The van der Waals surface area contributed by atoms with Gasteiger partial charge in [-0.1, -0.05) is 12.1 Å². The molecule has 2 rings (SSSR count). The van der Waals surface area contributed by atoms with Crippen molar-refractivity contribution in [2.45, 2.75) is 17.9 Å². The lowest BCUT2D eigenvalue weighted by molar-refractivity contribution is -0.120. The summed E-state index contributed by atoms with van der Waals surface area (Å²) in [5.41, 5.74) is 0.843. The third kappa shape index (κ3) is 6.34. The molecule has 31 heavy (non-hydrogen) atoms. The summed E-state index contributed by atoms with van der Waals surface area (Å²) in [6, 6.07) is 10.3. The predicted molar refractivity (Wildman–Crippen MR) is 118 cm³/mol. The molecular weight excluding hydrogens is 444 g/mol. The Kier molecular flexibility index (Phi) is 7.55. The molecule has 0 bridgehead atoms. The van der Waals surface area contributed by atoms with E-state index in [1.165, 1.54) is 32.4 Å². The number of rotatable bonds is 9. The van der Waals surface area contributed by atoms with Gasteiger partial charge in [0.25, 0.3) is 0 Å². The maximum atomic E-state index is 12.7. The van der Waals surface area contributed by atoms with Crippen LogP contribution in [0.5, 0.6) is 11.5 Å². The van der Waals surface area contributed by atoms with Crippen molar-refractivity contribution in [3.63, 3.8) is 0 Å². The molecule has 0 aliphatic rings. The van der Waals surface area contributed by atoms with Crippen LogP contribution in [0.3, 0.4) is 0 Å². The molecule has 0 saturated heterocycles. The fourth-order valence-electron chi connectivity index (χ4n) is 2.88. The van der Waals surface area contributed by atoms with Gasteiger partial charge in [-0.05, 0) is 36.8 Å². The lowest BCUT2D eigenvalue weighted by Gasteiger charge is -2.25. The molecule has 0 heterocycles. The van der Waals surface area contributed by atoms with Crippen molar-refractivity contribution >= 4 is 31.5 Å². The number of nitrogens with zero attached hydrogens (tertiary/aromatic N) is 1. The number of hydrogen-bond acceptors (Lipinski definition) is 7. The molecule has 9 nitrogen and oxygen atoms in total. The van der Waals surface area contributed by atoms with Crippen LogP contribution < -0.4 is 19.1 Å². The number of nitrogens with one attached hydrogen (secondary N) is 1. The quantitative estimate of drug-likeness (QED) is 0.593. The first-order valence-corrected chi connectivity index (χ1v) is 12.9. The Morgan fingerprint density at radius 1 is 1.00 bits per heavy atom. The third-order valence-corrected chi connectivity index (χ3v) is 6.78. The molecule has 1 atom stereocenters. The molecule has 2 aromatic carbocycles. The fraction of sp³-hybridized carbons (Fsp3) is 0.350. The van der Waals surface area contributed by atoms with Crippen LogP contribution in [0.2, 0.25) is 0 Å². The number of amides is 1. The first kappa shape index (κ1) is 24.5. The SMILES string of the molecule is COc1ccc(OC)c(N(CC(=O)NC(C)c2ccc(S(C)(=O)=O)cc2)S(C)(=O)=O)c1. The maximum Gasteiger partial charge on any atom is 0.241 e. The molecule has 1 N–H and O–H groups in total. The molecular formula is C20H26N2O7S2. The minimum Gasteiger partial charge on any atom is -0.497 e. The van der Waals surface area contributed by atoms with E-state index in [0.717, 1.165) is 16.8 Å². The number of benzene rings is 2. The van der Waals surface area contributed by atoms with E-state index < -0.39 is 38.4 Å². The van der Waals surface area contributed by atoms with E-state index in [1.807, 2.05) is 0 Å². The van der Waals surface area contributed by atoms with Crippen molar-refractivity contribution in [1.82, 2.24) is 5.32 Å². The number of ether oxygens (including phenoxy) is 2. The molecule has 0 spiro atoms. The first-order valence-electron chi connectivity index (χ1n) is 9.16. The zero-order valence-electron chi connectivity index (χ0n) is 17.9. The number of sulfone groups is 1. The Bertz CT molecular complexity index is 1140. The van der Waals surface area contributed by atoms with Crippen molar-refractivity contribution in [2.75, 3.05) is 37.6 Å². The van der Waals surface area contributed by atoms with Gasteiger partial charge in [0.15, 0.2) is 9.84 Å². The van der Waals surface area contributed by atoms with Crippen molar-refractivity contribution in [1.29, 1.82) is 0 Å². The summed E-state index contributed by atoms with van der Waals surface area (Å²) < 4.78 is 59.3. The van der Waals surface area contributed by atoms with Crippen LogP contribution in [0.25, 0.3) is 0 Å². The minimum absolute atomic E-state index is 0.170. The average Bonchev–Trinajstić information content (AvgIpc) is 2.70. The molecule has 170 valence electrons. The zero-order valence-corrected chi connectivity index (χ0v) is 19.6. The van der Waals surface area contributed by atoms with Crippen LogP contribution in [-0.4, -0.2) is 56.0 Å². The summed E-state index contributed by atoms with van der Waals surface area (Å²) in [5, 5.41) is 2.73. The van der Waals surface area contributed by atoms with Gasteiger partial charge in [-0.2, -0.15) is 0 Å². The summed E-state index contributed by atoms with van der Waals surface area (Å²) >= 11 is 0. The van der Waals surface area contributed by atoms with Gasteiger partial charge in [-0.25, -0.2) is 16.8 Å². The van der Waals surface area contributed by atoms with E-state index in [-0.39, 0.29) is 16.3 Å². The van der Waals surface area contributed by atoms with E-state index in [0.29, 0.717) is 11.3 Å². The second-order valence-corrected chi connectivity index (χ2v) is 10.9. The smallest absolute Gasteiger partial charge is 0.241 e. The topological polar surface area (TPSA) is 119 Å². The normalized spacial score (nSPS) is 12.7. The molecule has 0 saturated carbocycles. The van der Waals surface area contributed by atoms with Crippen LogP contribution in [0.4, 0.5) is 5.69 Å². The number of methoxy groups -OCH3 is 2. The highest BCUT2D eigenvalue weighted by Crippen LogP contribution is 2.33. The summed E-state index contributed by atoms with van der Waals surface area (Å²) in [6.45, 7) is 1.23. The van der Waals surface area contributed by atoms with E-state index >= 15 is 0 Å². The van der Waals surface area contributed by atoms with Crippen LogP contribution >= 0.6 is 0 Å². The third-order valence-electron chi connectivity index (χ3n) is 4.53. The van der Waals surface area contributed by atoms with Crippen molar-refractivity contribution in [2.24, 2.45) is 0 Å². The highest BCUT2D eigenvalue weighted by molar-refractivity contribution is 7.92. The molecule has 0 aliphatic heterocycles. The summed E-state index contributed by atoms with van der Waals surface area (Å²) in [5.74, 6) is 0.127. The Morgan fingerprint density at radius 2 is 1.61 bits per heavy atom. The fourth-order valence-corrected chi connectivity index (χ4v) is 4.36. The standard InChI is InChI=1S/C20H26N2O7S2/c1-14(15-6-9-17(10-7-15)30(4,24)25)21-20(23)13-22(31(5,26)27)18-12-16(28-2)8-11-19(18)29-3/h6-12,14H,13H2,1-5H3,(H,21,23). The first-order chi connectivity index (χ1) is 14.4. The van der Waals surface area contributed by atoms with Gasteiger partial charge in [0, 0.05) is 12.3 Å². The van der Waals surface area contributed by atoms with Crippen molar-refractivity contribution in [3.05, 3.63) is 48.0 Å². The average molecular weight is 471 g/mol. The molecule has 2 aromatic rings. The lowest BCUT2D eigenvalue weighted by atomic mass is 10.1. The van der Waals surface area contributed by atoms with Crippen molar-refractivity contribution < 1.29 is 31.1 Å². The van der Waals surface area contributed by atoms with Gasteiger partial charge in [-0.3, -0.25) is 9.10 Å². The van der Waals surface area contributed by atoms with E-state index in [9.17, 15) is 21.6 Å². The van der Waals surface area contributed by atoms with Crippen molar-refractivity contribution in [3.8, 4) is 11.5 Å². The number of carbonyl (C=O) groups is 1. The Morgan fingerprint density at radius 3 is 2.10 bits per heavy atom.